The van der Waals surface area contributed by atoms with Gasteiger partial charge in [0.05, 0.1) is 19.1 Å². The van der Waals surface area contributed by atoms with Gasteiger partial charge in [-0.3, -0.25) is 19.3 Å². The van der Waals surface area contributed by atoms with Gasteiger partial charge in [-0.1, -0.05) is 17.7 Å². The molecule has 0 saturated carbocycles. The van der Waals surface area contributed by atoms with Crippen molar-refractivity contribution in [1.82, 2.24) is 4.90 Å². The van der Waals surface area contributed by atoms with Gasteiger partial charge < -0.3 is 23.9 Å². The highest BCUT2D eigenvalue weighted by atomic mass is 35.5. The average molecular weight is 557 g/mol. The van der Waals surface area contributed by atoms with Crippen LogP contribution in [0.15, 0.2) is 63.9 Å². The molecule has 3 amide bonds. The molecule has 12 heteroatoms. The van der Waals surface area contributed by atoms with Crippen LogP contribution in [0.5, 0.6) is 11.5 Å². The lowest BCUT2D eigenvalue weighted by Gasteiger charge is -2.12. The van der Waals surface area contributed by atoms with Crippen LogP contribution in [-0.4, -0.2) is 48.7 Å². The molecule has 1 aromatic heterocycles. The Morgan fingerprint density at radius 1 is 1.05 bits per heavy atom. The van der Waals surface area contributed by atoms with Gasteiger partial charge in [0.1, 0.15) is 18.9 Å². The van der Waals surface area contributed by atoms with Crippen LogP contribution in [0.25, 0.3) is 6.08 Å². The van der Waals surface area contributed by atoms with Crippen LogP contribution in [0.1, 0.15) is 21.9 Å². The van der Waals surface area contributed by atoms with Crippen LogP contribution in [-0.2, 0) is 20.9 Å². The summed E-state index contributed by atoms with van der Waals surface area (Å²) in [6.45, 7) is -0.394. The van der Waals surface area contributed by atoms with Crippen LogP contribution in [0, 0.1) is 0 Å². The topological polar surface area (TPSA) is 124 Å². The first-order valence-corrected chi connectivity index (χ1v) is 12.3. The highest BCUT2D eigenvalue weighted by molar-refractivity contribution is 8.18. The summed E-state index contributed by atoms with van der Waals surface area (Å²) in [7, 11) is 2.72. The molecule has 196 valence electrons. The molecule has 1 fully saturated rings. The number of anilines is 1. The third-order valence-corrected chi connectivity index (χ3v) is 6.37. The molecule has 38 heavy (non-hydrogen) atoms. The third-order valence-electron chi connectivity index (χ3n) is 5.21. The Balaban J connectivity index is 1.40. The molecule has 10 nitrogen and oxygen atoms in total. The third kappa shape index (κ3) is 6.36. The Bertz CT molecular complexity index is 1420. The number of furan rings is 1. The van der Waals surface area contributed by atoms with E-state index in [2.05, 4.69) is 10.1 Å². The second kappa shape index (κ2) is 11.9. The van der Waals surface area contributed by atoms with Crippen molar-refractivity contribution in [3.63, 3.8) is 0 Å². The molecule has 2 heterocycles. The van der Waals surface area contributed by atoms with Crippen LogP contribution < -0.4 is 14.8 Å². The van der Waals surface area contributed by atoms with Gasteiger partial charge in [0.15, 0.2) is 11.5 Å². The normalized spacial score (nSPS) is 14.1. The van der Waals surface area contributed by atoms with E-state index in [0.717, 1.165) is 16.7 Å². The summed E-state index contributed by atoms with van der Waals surface area (Å²) < 4.78 is 21.1. The van der Waals surface area contributed by atoms with Crippen molar-refractivity contribution in [3.05, 3.63) is 81.6 Å². The number of benzene rings is 2. The molecule has 0 aliphatic carbocycles. The standard InChI is InChI=1S/C26H21ClN2O8S/c1-34-21-11-15(3-9-19(21)36-14-18-8-10-20(37-18)25(32)35-2)12-22-24(31)29(26(33)38-22)13-23(30)28-17-6-4-16(27)5-7-17/h3-12H,13-14H2,1-2H3,(H,28,30). The highest BCUT2D eigenvalue weighted by Crippen LogP contribution is 2.35. The molecule has 1 saturated heterocycles. The monoisotopic (exact) mass is 556 g/mol. The lowest BCUT2D eigenvalue weighted by Crippen LogP contribution is -2.36. The lowest BCUT2D eigenvalue weighted by molar-refractivity contribution is -0.127. The summed E-state index contributed by atoms with van der Waals surface area (Å²) in [4.78, 5) is 50.2. The number of amides is 3. The minimum atomic E-state index is -0.593. The molecule has 1 N–H and O–H groups in total. The van der Waals surface area contributed by atoms with Gasteiger partial charge in [0.2, 0.25) is 11.7 Å². The van der Waals surface area contributed by atoms with E-state index < -0.39 is 29.6 Å². The Kier molecular flexibility index (Phi) is 8.39. The number of methoxy groups -OCH3 is 2. The number of esters is 1. The largest absolute Gasteiger partial charge is 0.493 e. The molecule has 0 unspecified atom stereocenters. The van der Waals surface area contributed by atoms with Crippen LogP contribution in [0.3, 0.4) is 0 Å². The predicted molar refractivity (Wildman–Crippen MR) is 140 cm³/mol. The first kappa shape index (κ1) is 26.8. The highest BCUT2D eigenvalue weighted by Gasteiger charge is 2.36. The second-order valence-electron chi connectivity index (χ2n) is 7.78. The number of nitrogens with one attached hydrogen (secondary N) is 1. The van der Waals surface area contributed by atoms with E-state index in [1.165, 1.54) is 26.4 Å². The fourth-order valence-corrected chi connectivity index (χ4v) is 4.34. The molecule has 0 bridgehead atoms. The first-order valence-electron chi connectivity index (χ1n) is 11.1. The van der Waals surface area contributed by atoms with Crippen molar-refractivity contribution >= 4 is 58.1 Å². The predicted octanol–water partition coefficient (Wildman–Crippen LogP) is 4.98. The molecule has 4 rings (SSSR count). The quantitative estimate of drug-likeness (QED) is 0.287. The molecule has 0 radical (unpaired) electrons. The molecule has 2 aromatic carbocycles. The zero-order valence-corrected chi connectivity index (χ0v) is 21.8. The van der Waals surface area contributed by atoms with Gasteiger partial charge in [0.25, 0.3) is 11.1 Å². The van der Waals surface area contributed by atoms with Gasteiger partial charge >= 0.3 is 5.97 Å². The van der Waals surface area contributed by atoms with Crippen molar-refractivity contribution in [2.45, 2.75) is 6.61 Å². The summed E-state index contributed by atoms with van der Waals surface area (Å²) in [5.74, 6) is -0.452. The Labute approximate surface area is 226 Å². The maximum absolute atomic E-state index is 12.8. The van der Waals surface area contributed by atoms with Crippen LogP contribution >= 0.6 is 23.4 Å². The maximum atomic E-state index is 12.8. The van der Waals surface area contributed by atoms with Gasteiger partial charge in [-0.25, -0.2) is 4.79 Å². The summed E-state index contributed by atoms with van der Waals surface area (Å²) in [6, 6.07) is 14.5. The van der Waals surface area contributed by atoms with Crippen LogP contribution in [0.4, 0.5) is 10.5 Å². The van der Waals surface area contributed by atoms with E-state index >= 15 is 0 Å². The van der Waals surface area contributed by atoms with Gasteiger partial charge in [-0.05, 0) is 71.9 Å². The number of nitrogens with zero attached hydrogens (tertiary/aromatic N) is 1. The minimum Gasteiger partial charge on any atom is -0.493 e. The number of halogens is 1. The van der Waals surface area contributed by atoms with E-state index in [0.29, 0.717) is 33.5 Å². The van der Waals surface area contributed by atoms with E-state index in [1.807, 2.05) is 0 Å². The van der Waals surface area contributed by atoms with E-state index in [-0.39, 0.29) is 17.3 Å². The number of thioether (sulfide) groups is 1. The average Bonchev–Trinajstić information content (AvgIpc) is 3.49. The van der Waals surface area contributed by atoms with Crippen LogP contribution in [0.2, 0.25) is 5.02 Å². The van der Waals surface area contributed by atoms with E-state index in [4.69, 9.17) is 25.5 Å². The molecule has 1 aliphatic rings. The zero-order chi connectivity index (χ0) is 27.2. The number of rotatable bonds is 9. The fraction of sp³-hybridized carbons (Fsp3) is 0.154. The van der Waals surface area contributed by atoms with Crippen molar-refractivity contribution in [3.8, 4) is 11.5 Å². The van der Waals surface area contributed by atoms with E-state index in [1.54, 1.807) is 48.5 Å². The lowest BCUT2D eigenvalue weighted by atomic mass is 10.2. The molecule has 1 aliphatic heterocycles. The van der Waals surface area contributed by atoms with E-state index in [9.17, 15) is 19.2 Å². The molecule has 0 atom stereocenters. The number of carbonyl (C=O) groups excluding carboxylic acids is 4. The number of hydrogen-bond acceptors (Lipinski definition) is 9. The number of carbonyl (C=O) groups is 4. The zero-order valence-electron chi connectivity index (χ0n) is 20.2. The van der Waals surface area contributed by atoms with Gasteiger partial charge in [-0.15, -0.1) is 0 Å². The fourth-order valence-electron chi connectivity index (χ4n) is 3.37. The Hall–Kier alpha value is -4.22. The minimum absolute atomic E-state index is 0.0314. The van der Waals surface area contributed by atoms with Gasteiger partial charge in [-0.2, -0.15) is 0 Å². The molecular weight excluding hydrogens is 536 g/mol. The SMILES string of the molecule is COC(=O)c1ccc(COc2ccc(C=C3SC(=O)N(CC(=O)Nc4ccc(Cl)cc4)C3=O)cc2OC)o1. The molecule has 0 spiro atoms. The second-order valence-corrected chi connectivity index (χ2v) is 9.21. The maximum Gasteiger partial charge on any atom is 0.373 e. The Morgan fingerprint density at radius 3 is 2.53 bits per heavy atom. The van der Waals surface area contributed by atoms with Crippen molar-refractivity contribution < 1.29 is 37.8 Å². The number of imide groups is 1. The van der Waals surface area contributed by atoms with Crippen molar-refractivity contribution in [1.29, 1.82) is 0 Å². The number of hydrogen-bond donors (Lipinski definition) is 1. The Morgan fingerprint density at radius 2 is 1.82 bits per heavy atom. The van der Waals surface area contributed by atoms with Gasteiger partial charge in [0, 0.05) is 10.7 Å². The molecular formula is C26H21ClN2O8S. The van der Waals surface area contributed by atoms with Crippen molar-refractivity contribution in [2.75, 3.05) is 26.1 Å². The summed E-state index contributed by atoms with van der Waals surface area (Å²) in [5.41, 5.74) is 1.07. The summed E-state index contributed by atoms with van der Waals surface area (Å²) >= 11 is 6.58. The molecule has 3 aromatic rings. The smallest absolute Gasteiger partial charge is 0.373 e. The summed E-state index contributed by atoms with van der Waals surface area (Å²) in [6.07, 6.45) is 1.53. The first-order chi connectivity index (χ1) is 18.3. The van der Waals surface area contributed by atoms with Crippen molar-refractivity contribution in [2.24, 2.45) is 0 Å². The number of ether oxygens (including phenoxy) is 3. The summed E-state index contributed by atoms with van der Waals surface area (Å²) in [5, 5.41) is 2.59.